The first-order chi connectivity index (χ1) is 13.4. The Bertz CT molecular complexity index is 931. The van der Waals surface area contributed by atoms with Gasteiger partial charge in [-0.1, -0.05) is 52.3 Å². The summed E-state index contributed by atoms with van der Waals surface area (Å²) in [5.41, 5.74) is 1.18. The number of anilines is 1. The van der Waals surface area contributed by atoms with Crippen LogP contribution in [-0.2, 0) is 20.2 Å². The third kappa shape index (κ3) is 6.61. The molecule has 0 spiro atoms. The summed E-state index contributed by atoms with van der Waals surface area (Å²) in [4.78, 5) is 21.5. The van der Waals surface area contributed by atoms with Crippen molar-refractivity contribution in [2.75, 3.05) is 5.32 Å². The van der Waals surface area contributed by atoms with Crippen LogP contribution in [0.2, 0.25) is 0 Å². The number of hydrogen-bond acceptors (Lipinski definition) is 5. The van der Waals surface area contributed by atoms with Gasteiger partial charge in [0, 0.05) is 5.41 Å². The van der Waals surface area contributed by atoms with Crippen LogP contribution in [0.3, 0.4) is 0 Å². The number of carbonyl (C=O) groups excluding carboxylic acids is 1. The van der Waals surface area contributed by atoms with Crippen molar-refractivity contribution in [3.63, 3.8) is 0 Å². The van der Waals surface area contributed by atoms with Crippen LogP contribution in [0.1, 0.15) is 52.4 Å². The van der Waals surface area contributed by atoms with E-state index in [4.69, 9.17) is 0 Å². The van der Waals surface area contributed by atoms with Gasteiger partial charge < -0.3 is 5.32 Å². The highest BCUT2D eigenvalue weighted by molar-refractivity contribution is 7.89. The minimum Gasteiger partial charge on any atom is -0.322 e. The van der Waals surface area contributed by atoms with E-state index in [1.165, 1.54) is 24.5 Å². The summed E-state index contributed by atoms with van der Waals surface area (Å²) in [6.07, 6.45) is 3.43. The lowest BCUT2D eigenvalue weighted by atomic mass is 9.96. The Morgan fingerprint density at radius 1 is 1.07 bits per heavy atom. The molecule has 7 nitrogen and oxygen atoms in total. The summed E-state index contributed by atoms with van der Waals surface area (Å²) in [6.45, 7) is 11.7. The van der Waals surface area contributed by atoms with Crippen molar-refractivity contribution >= 4 is 21.6 Å². The second-order valence-electron chi connectivity index (χ2n) is 8.65. The predicted molar refractivity (Wildman–Crippen MR) is 114 cm³/mol. The molecular formula is C21H30N4O3S. The topological polar surface area (TPSA) is 101 Å². The Labute approximate surface area is 173 Å². The highest BCUT2D eigenvalue weighted by Crippen LogP contribution is 2.19. The maximum atomic E-state index is 12.8. The molecule has 0 aliphatic rings. The van der Waals surface area contributed by atoms with E-state index in [1.807, 2.05) is 41.5 Å². The first-order valence-electron chi connectivity index (χ1n) is 9.61. The lowest BCUT2D eigenvalue weighted by Crippen LogP contribution is -2.44. The van der Waals surface area contributed by atoms with Gasteiger partial charge in [-0.15, -0.1) is 0 Å². The molecule has 0 saturated carbocycles. The molecule has 2 aromatic rings. The molecule has 1 aromatic carbocycles. The van der Waals surface area contributed by atoms with Gasteiger partial charge in [0.15, 0.2) is 0 Å². The first-order valence-corrected chi connectivity index (χ1v) is 11.1. The van der Waals surface area contributed by atoms with Crippen molar-refractivity contribution in [3.05, 3.63) is 48.0 Å². The zero-order chi connectivity index (χ0) is 21.8. The van der Waals surface area contributed by atoms with Crippen molar-refractivity contribution in [2.45, 2.75) is 64.3 Å². The van der Waals surface area contributed by atoms with Gasteiger partial charge in [0.25, 0.3) is 0 Å². The Morgan fingerprint density at radius 2 is 1.62 bits per heavy atom. The average Bonchev–Trinajstić information content (AvgIpc) is 2.60. The van der Waals surface area contributed by atoms with Crippen molar-refractivity contribution in [2.24, 2.45) is 5.92 Å². The van der Waals surface area contributed by atoms with E-state index in [1.54, 1.807) is 12.1 Å². The molecule has 29 heavy (non-hydrogen) atoms. The van der Waals surface area contributed by atoms with Crippen LogP contribution in [-0.4, -0.2) is 30.3 Å². The Hall–Kier alpha value is -2.32. The number of rotatable bonds is 7. The fraction of sp³-hybridized carbons (Fsp3) is 0.476. The van der Waals surface area contributed by atoms with Crippen molar-refractivity contribution in [1.82, 2.24) is 14.7 Å². The highest BCUT2D eigenvalue weighted by atomic mass is 32.2. The van der Waals surface area contributed by atoms with Gasteiger partial charge in [-0.25, -0.2) is 18.4 Å². The molecule has 8 heteroatoms. The maximum absolute atomic E-state index is 12.8. The van der Waals surface area contributed by atoms with Crippen LogP contribution in [0.4, 0.5) is 5.69 Å². The Kier molecular flexibility index (Phi) is 7.13. The second-order valence-corrected chi connectivity index (χ2v) is 10.4. The SMILES string of the molecule is Cc1ccc(S(=O)(=O)NC(CC(C)C)C(=O)Nc2cnc(C(C)(C)C)nc2)cc1. The molecule has 0 aliphatic carbocycles. The zero-order valence-electron chi connectivity index (χ0n) is 17.9. The summed E-state index contributed by atoms with van der Waals surface area (Å²) >= 11 is 0. The molecule has 0 fully saturated rings. The summed E-state index contributed by atoms with van der Waals surface area (Å²) in [7, 11) is -3.83. The molecule has 1 aromatic heterocycles. The first kappa shape index (κ1) is 23.0. The molecule has 0 radical (unpaired) electrons. The lowest BCUT2D eigenvalue weighted by molar-refractivity contribution is -0.118. The molecule has 2 rings (SSSR count). The minimum atomic E-state index is -3.83. The monoisotopic (exact) mass is 418 g/mol. The summed E-state index contributed by atoms with van der Waals surface area (Å²) in [6, 6.07) is 5.59. The molecule has 158 valence electrons. The molecule has 0 bridgehead atoms. The molecule has 1 atom stereocenters. The summed E-state index contributed by atoms with van der Waals surface area (Å²) in [5, 5.41) is 2.72. The lowest BCUT2D eigenvalue weighted by Gasteiger charge is -2.21. The number of sulfonamides is 1. The van der Waals surface area contributed by atoms with E-state index in [9.17, 15) is 13.2 Å². The third-order valence-electron chi connectivity index (χ3n) is 4.24. The molecule has 1 amide bonds. The van der Waals surface area contributed by atoms with Gasteiger partial charge in [-0.2, -0.15) is 4.72 Å². The number of carbonyl (C=O) groups is 1. The third-order valence-corrected chi connectivity index (χ3v) is 5.73. The highest BCUT2D eigenvalue weighted by Gasteiger charge is 2.27. The standard InChI is InChI=1S/C21H30N4O3S/c1-14(2)11-18(25-29(27,28)17-9-7-15(3)8-10-17)19(26)24-16-12-22-20(23-13-16)21(4,5)6/h7-10,12-14,18,25H,11H2,1-6H3,(H,24,26). The van der Waals surface area contributed by atoms with E-state index < -0.39 is 22.0 Å². The van der Waals surface area contributed by atoms with Crippen LogP contribution in [0.25, 0.3) is 0 Å². The number of aryl methyl sites for hydroxylation is 1. The van der Waals surface area contributed by atoms with Gasteiger partial charge in [-0.3, -0.25) is 4.79 Å². The van der Waals surface area contributed by atoms with E-state index in [2.05, 4.69) is 20.0 Å². The maximum Gasteiger partial charge on any atom is 0.242 e. The van der Waals surface area contributed by atoms with E-state index in [0.717, 1.165) is 5.56 Å². The average molecular weight is 419 g/mol. The largest absolute Gasteiger partial charge is 0.322 e. The number of nitrogens with zero attached hydrogens (tertiary/aromatic N) is 2. The zero-order valence-corrected chi connectivity index (χ0v) is 18.7. The molecule has 2 N–H and O–H groups in total. The van der Waals surface area contributed by atoms with E-state index >= 15 is 0 Å². The molecule has 0 aliphatic heterocycles. The van der Waals surface area contributed by atoms with Crippen LogP contribution in [0.15, 0.2) is 41.6 Å². The fourth-order valence-electron chi connectivity index (χ4n) is 2.66. The van der Waals surface area contributed by atoms with E-state index in [0.29, 0.717) is 17.9 Å². The quantitative estimate of drug-likeness (QED) is 0.717. The molecule has 0 saturated heterocycles. The van der Waals surface area contributed by atoms with Crippen molar-refractivity contribution in [1.29, 1.82) is 0 Å². The van der Waals surface area contributed by atoms with Crippen LogP contribution in [0.5, 0.6) is 0 Å². The predicted octanol–water partition coefficient (Wildman–Crippen LogP) is 3.41. The van der Waals surface area contributed by atoms with Crippen LogP contribution in [0, 0.1) is 12.8 Å². The van der Waals surface area contributed by atoms with E-state index in [-0.39, 0.29) is 16.2 Å². The number of hydrogen-bond donors (Lipinski definition) is 2. The Morgan fingerprint density at radius 3 is 2.10 bits per heavy atom. The number of aromatic nitrogens is 2. The molecule has 1 unspecified atom stereocenters. The fourth-order valence-corrected chi connectivity index (χ4v) is 3.87. The second kappa shape index (κ2) is 9.00. The van der Waals surface area contributed by atoms with Crippen molar-refractivity contribution < 1.29 is 13.2 Å². The van der Waals surface area contributed by atoms with Gasteiger partial charge >= 0.3 is 0 Å². The van der Waals surface area contributed by atoms with Gasteiger partial charge in [0.05, 0.1) is 23.0 Å². The van der Waals surface area contributed by atoms with Crippen LogP contribution >= 0.6 is 0 Å². The van der Waals surface area contributed by atoms with Gasteiger partial charge in [-0.05, 0) is 31.4 Å². The summed E-state index contributed by atoms with van der Waals surface area (Å²) in [5.74, 6) is 0.335. The molecular weight excluding hydrogens is 388 g/mol. The number of benzene rings is 1. The number of nitrogens with one attached hydrogen (secondary N) is 2. The normalized spacial score (nSPS) is 13.3. The van der Waals surface area contributed by atoms with Gasteiger partial charge in [0.2, 0.25) is 15.9 Å². The minimum absolute atomic E-state index is 0.117. The van der Waals surface area contributed by atoms with Crippen LogP contribution < -0.4 is 10.0 Å². The number of amides is 1. The summed E-state index contributed by atoms with van der Waals surface area (Å²) < 4.78 is 28.0. The smallest absolute Gasteiger partial charge is 0.242 e. The Balaban J connectivity index is 2.18. The van der Waals surface area contributed by atoms with Crippen molar-refractivity contribution in [3.8, 4) is 0 Å². The molecule has 1 heterocycles. The van der Waals surface area contributed by atoms with Gasteiger partial charge in [0.1, 0.15) is 11.9 Å².